The average molecular weight is 366 g/mol. The highest BCUT2D eigenvalue weighted by atomic mass is 16.3. The van der Waals surface area contributed by atoms with E-state index in [0.29, 0.717) is 25.0 Å². The van der Waals surface area contributed by atoms with E-state index in [0.717, 1.165) is 31.7 Å². The van der Waals surface area contributed by atoms with Crippen molar-refractivity contribution in [3.05, 3.63) is 60.1 Å². The van der Waals surface area contributed by atoms with E-state index in [2.05, 4.69) is 67.1 Å². The van der Waals surface area contributed by atoms with E-state index in [1.165, 1.54) is 5.56 Å². The van der Waals surface area contributed by atoms with E-state index < -0.39 is 0 Å². The fourth-order valence-corrected chi connectivity index (χ4v) is 4.63. The van der Waals surface area contributed by atoms with E-state index in [1.807, 2.05) is 12.1 Å². The quantitative estimate of drug-likeness (QED) is 0.687. The minimum atomic E-state index is 0.143. The van der Waals surface area contributed by atoms with Gasteiger partial charge in [0.05, 0.1) is 25.4 Å². The molecule has 4 nitrogen and oxygen atoms in total. The van der Waals surface area contributed by atoms with Crippen molar-refractivity contribution in [3.63, 3.8) is 0 Å². The summed E-state index contributed by atoms with van der Waals surface area (Å²) in [5.74, 6) is 1.48. The minimum Gasteiger partial charge on any atom is -0.468 e. The third-order valence-corrected chi connectivity index (χ3v) is 6.39. The van der Waals surface area contributed by atoms with Gasteiger partial charge in [0, 0.05) is 24.5 Å². The Morgan fingerprint density at radius 3 is 2.67 bits per heavy atom. The van der Waals surface area contributed by atoms with Gasteiger partial charge in [0.2, 0.25) is 0 Å². The van der Waals surface area contributed by atoms with Crippen LogP contribution in [0.5, 0.6) is 0 Å². The maximum absolute atomic E-state index is 9.28. The Hall–Kier alpha value is -2.09. The second-order valence-electron chi connectivity index (χ2n) is 8.11. The summed E-state index contributed by atoms with van der Waals surface area (Å²) >= 11 is 0. The SMILES string of the molecule is C[C@@H]1CN(C)[C@@H](C)C[C@]1(CCN(CC#N)Cc1ccco1)c1ccccc1. The lowest BCUT2D eigenvalue weighted by Crippen LogP contribution is -2.52. The maximum atomic E-state index is 9.28. The third kappa shape index (κ3) is 4.43. The monoisotopic (exact) mass is 365 g/mol. The highest BCUT2D eigenvalue weighted by Gasteiger charge is 2.43. The summed E-state index contributed by atoms with van der Waals surface area (Å²) in [5.41, 5.74) is 1.58. The lowest BCUT2D eigenvalue weighted by Gasteiger charge is -2.50. The number of hydrogen-bond donors (Lipinski definition) is 0. The molecule has 27 heavy (non-hydrogen) atoms. The van der Waals surface area contributed by atoms with Crippen molar-refractivity contribution in [2.45, 2.75) is 44.7 Å². The Morgan fingerprint density at radius 1 is 1.22 bits per heavy atom. The molecule has 1 fully saturated rings. The molecule has 1 aliphatic heterocycles. The molecule has 1 aliphatic rings. The lowest BCUT2D eigenvalue weighted by atomic mass is 9.63. The number of likely N-dealkylation sites (tertiary alicyclic amines) is 1. The van der Waals surface area contributed by atoms with Crippen LogP contribution < -0.4 is 0 Å². The number of hydrogen-bond acceptors (Lipinski definition) is 4. The standard InChI is InChI=1S/C23H31N3O/c1-19-17-25(3)20(2)16-23(19,21-8-5-4-6-9-21)11-13-26(14-12-24)18-22-10-7-15-27-22/h4-10,15,19-20H,11,13-14,16-18H2,1-3H3/t19-,20+,23+/m1/s1. The molecule has 1 saturated heterocycles. The molecule has 0 radical (unpaired) electrons. The molecule has 1 aromatic carbocycles. The van der Waals surface area contributed by atoms with Gasteiger partial charge in [-0.2, -0.15) is 5.26 Å². The van der Waals surface area contributed by atoms with E-state index in [1.54, 1.807) is 6.26 Å². The average Bonchev–Trinajstić information content (AvgIpc) is 3.17. The molecule has 0 bridgehead atoms. The molecule has 1 aromatic heterocycles. The highest BCUT2D eigenvalue weighted by molar-refractivity contribution is 5.28. The van der Waals surface area contributed by atoms with Gasteiger partial charge in [0.15, 0.2) is 0 Å². The van der Waals surface area contributed by atoms with Crippen LogP contribution in [0.4, 0.5) is 0 Å². The predicted molar refractivity (Wildman–Crippen MR) is 108 cm³/mol. The van der Waals surface area contributed by atoms with Crippen LogP contribution in [0.3, 0.4) is 0 Å². The largest absolute Gasteiger partial charge is 0.468 e. The fourth-order valence-electron chi connectivity index (χ4n) is 4.63. The second kappa shape index (κ2) is 8.73. The van der Waals surface area contributed by atoms with Crippen LogP contribution in [-0.4, -0.2) is 42.5 Å². The van der Waals surface area contributed by atoms with E-state index in [4.69, 9.17) is 4.42 Å². The number of piperidine rings is 1. The van der Waals surface area contributed by atoms with Crippen molar-refractivity contribution in [3.8, 4) is 6.07 Å². The first kappa shape index (κ1) is 19.7. The molecular formula is C23H31N3O. The zero-order chi connectivity index (χ0) is 19.3. The van der Waals surface area contributed by atoms with Crippen LogP contribution in [0.25, 0.3) is 0 Å². The zero-order valence-electron chi connectivity index (χ0n) is 16.8. The zero-order valence-corrected chi connectivity index (χ0v) is 16.8. The van der Waals surface area contributed by atoms with Crippen LogP contribution >= 0.6 is 0 Å². The van der Waals surface area contributed by atoms with Gasteiger partial charge in [0.1, 0.15) is 5.76 Å². The van der Waals surface area contributed by atoms with E-state index in [-0.39, 0.29) is 5.41 Å². The molecule has 3 rings (SSSR count). The topological polar surface area (TPSA) is 43.4 Å². The highest BCUT2D eigenvalue weighted by Crippen LogP contribution is 2.44. The molecule has 144 valence electrons. The molecule has 0 aliphatic carbocycles. The number of furan rings is 1. The van der Waals surface area contributed by atoms with E-state index >= 15 is 0 Å². The van der Waals surface area contributed by atoms with Gasteiger partial charge in [-0.1, -0.05) is 37.3 Å². The molecule has 0 spiro atoms. The maximum Gasteiger partial charge on any atom is 0.117 e. The molecule has 2 aromatic rings. The Balaban J connectivity index is 1.82. The summed E-state index contributed by atoms with van der Waals surface area (Å²) in [4.78, 5) is 4.68. The van der Waals surface area contributed by atoms with E-state index in [9.17, 15) is 5.26 Å². The van der Waals surface area contributed by atoms with Crippen LogP contribution in [-0.2, 0) is 12.0 Å². The summed E-state index contributed by atoms with van der Waals surface area (Å²) in [5, 5.41) is 9.28. The Morgan fingerprint density at radius 2 is 2.00 bits per heavy atom. The van der Waals surface area contributed by atoms with Crippen molar-refractivity contribution in [2.24, 2.45) is 5.92 Å². The summed E-state index contributed by atoms with van der Waals surface area (Å²) in [7, 11) is 2.23. The van der Waals surface area contributed by atoms with Gasteiger partial charge in [-0.3, -0.25) is 4.90 Å². The molecule has 0 N–H and O–H groups in total. The molecule has 4 heteroatoms. The van der Waals surface area contributed by atoms with Gasteiger partial charge in [-0.25, -0.2) is 0 Å². The van der Waals surface area contributed by atoms with Crippen molar-refractivity contribution in [2.75, 3.05) is 26.7 Å². The van der Waals surface area contributed by atoms with Crippen molar-refractivity contribution in [1.82, 2.24) is 9.80 Å². The summed E-state index contributed by atoms with van der Waals surface area (Å²) in [6.45, 7) is 7.83. The number of nitriles is 1. The normalized spacial score (nSPS) is 26.2. The summed E-state index contributed by atoms with van der Waals surface area (Å²) in [6, 6.07) is 17.7. The van der Waals surface area contributed by atoms with Gasteiger partial charge < -0.3 is 9.32 Å². The Bertz CT molecular complexity index is 737. The fraction of sp³-hybridized carbons (Fsp3) is 0.522. The first-order valence-electron chi connectivity index (χ1n) is 9.92. The number of benzene rings is 1. The number of rotatable bonds is 7. The third-order valence-electron chi connectivity index (χ3n) is 6.39. The lowest BCUT2D eigenvalue weighted by molar-refractivity contribution is 0.0607. The predicted octanol–water partition coefficient (Wildman–Crippen LogP) is 4.29. The number of nitrogens with zero attached hydrogens (tertiary/aromatic N) is 3. The minimum absolute atomic E-state index is 0.143. The van der Waals surface area contributed by atoms with Crippen molar-refractivity contribution < 1.29 is 4.42 Å². The Labute approximate surface area is 163 Å². The first-order chi connectivity index (χ1) is 13.0. The van der Waals surface area contributed by atoms with Gasteiger partial charge in [-0.15, -0.1) is 0 Å². The first-order valence-corrected chi connectivity index (χ1v) is 9.92. The molecule has 0 unspecified atom stereocenters. The molecule has 0 amide bonds. The van der Waals surface area contributed by atoms with Crippen LogP contribution in [0.15, 0.2) is 53.1 Å². The van der Waals surface area contributed by atoms with Gasteiger partial charge in [0.25, 0.3) is 0 Å². The second-order valence-corrected chi connectivity index (χ2v) is 8.11. The summed E-state index contributed by atoms with van der Waals surface area (Å²) < 4.78 is 5.51. The van der Waals surface area contributed by atoms with Crippen LogP contribution in [0.1, 0.15) is 38.0 Å². The smallest absolute Gasteiger partial charge is 0.117 e. The van der Waals surface area contributed by atoms with Crippen LogP contribution in [0.2, 0.25) is 0 Å². The molecule has 2 heterocycles. The van der Waals surface area contributed by atoms with Crippen molar-refractivity contribution in [1.29, 1.82) is 5.26 Å². The van der Waals surface area contributed by atoms with Gasteiger partial charge in [-0.05, 0) is 50.4 Å². The van der Waals surface area contributed by atoms with Gasteiger partial charge >= 0.3 is 0 Å². The molecule has 3 atom stereocenters. The molecule has 0 saturated carbocycles. The summed E-state index contributed by atoms with van der Waals surface area (Å²) in [6.07, 6.45) is 3.90. The van der Waals surface area contributed by atoms with Crippen LogP contribution in [0, 0.1) is 17.2 Å². The van der Waals surface area contributed by atoms with Crippen molar-refractivity contribution >= 4 is 0 Å². The Kier molecular flexibility index (Phi) is 6.36. The molecular weight excluding hydrogens is 334 g/mol.